The van der Waals surface area contributed by atoms with Crippen molar-refractivity contribution in [2.75, 3.05) is 13.2 Å². The molecule has 0 aromatic heterocycles. The Balaban J connectivity index is 3.73. The van der Waals surface area contributed by atoms with Crippen molar-refractivity contribution in [2.45, 2.75) is 61.6 Å². The summed E-state index contributed by atoms with van der Waals surface area (Å²) in [6.07, 6.45) is -0.433. The first-order valence-corrected chi connectivity index (χ1v) is 8.66. The Labute approximate surface area is 136 Å². The average molecular weight is 313 g/mol. The summed E-state index contributed by atoms with van der Waals surface area (Å²) >= 11 is 0. The molecular formula is C18H35NO3. The zero-order valence-corrected chi connectivity index (χ0v) is 15.6. The van der Waals surface area contributed by atoms with Crippen LogP contribution in [-0.2, 0) is 9.53 Å². The van der Waals surface area contributed by atoms with Crippen molar-refractivity contribution in [3.05, 3.63) is 0 Å². The second kappa shape index (κ2) is 6.88. The van der Waals surface area contributed by atoms with E-state index in [1.165, 1.54) is 0 Å². The number of ether oxygens (including phenoxy) is 1. The summed E-state index contributed by atoms with van der Waals surface area (Å²) in [7, 11) is 0. The Hall–Kier alpha value is -0.610. The Kier molecular flexibility index (Phi) is 6.07. The molecule has 0 radical (unpaired) electrons. The minimum Gasteiger partial charge on any atom is -0.481 e. The predicted octanol–water partition coefficient (Wildman–Crippen LogP) is 3.61. The van der Waals surface area contributed by atoms with Crippen molar-refractivity contribution >= 4 is 5.97 Å². The van der Waals surface area contributed by atoms with Crippen LogP contribution in [0.4, 0.5) is 0 Å². The first-order valence-electron chi connectivity index (χ1n) is 8.66. The second-order valence-corrected chi connectivity index (χ2v) is 7.93. The smallest absolute Gasteiger partial charge is 0.314 e. The maximum atomic E-state index is 12.7. The molecule has 1 aliphatic rings. The summed E-state index contributed by atoms with van der Waals surface area (Å²) in [5.41, 5.74) is -1.32. The molecule has 1 aliphatic heterocycles. The first kappa shape index (κ1) is 19.4. The zero-order chi connectivity index (χ0) is 17.3. The van der Waals surface area contributed by atoms with Crippen LogP contribution >= 0.6 is 0 Å². The molecule has 1 heterocycles. The molecule has 0 aromatic rings. The number of carboxylic acids is 1. The normalized spacial score (nSPS) is 22.8. The fraction of sp³-hybridized carbons (Fsp3) is 0.944. The van der Waals surface area contributed by atoms with Gasteiger partial charge in [-0.25, -0.2) is 0 Å². The van der Waals surface area contributed by atoms with Gasteiger partial charge in [-0.3, -0.25) is 10.1 Å². The van der Waals surface area contributed by atoms with E-state index in [2.05, 4.69) is 46.9 Å². The number of hydrogen-bond acceptors (Lipinski definition) is 3. The average Bonchev–Trinajstić information content (AvgIpc) is 2.86. The summed E-state index contributed by atoms with van der Waals surface area (Å²) < 4.78 is 5.91. The molecule has 4 nitrogen and oxygen atoms in total. The summed E-state index contributed by atoms with van der Waals surface area (Å²) in [4.78, 5) is 12.7. The van der Waals surface area contributed by atoms with Gasteiger partial charge in [0.15, 0.2) is 0 Å². The van der Waals surface area contributed by atoms with Crippen LogP contribution in [0.1, 0.15) is 55.4 Å². The highest BCUT2D eigenvalue weighted by Gasteiger charge is 2.67. The molecule has 0 aliphatic carbocycles. The van der Waals surface area contributed by atoms with Crippen LogP contribution < -0.4 is 5.32 Å². The van der Waals surface area contributed by atoms with E-state index in [-0.39, 0.29) is 29.1 Å². The van der Waals surface area contributed by atoms with E-state index < -0.39 is 17.6 Å². The molecule has 0 saturated carbocycles. The van der Waals surface area contributed by atoms with E-state index in [0.29, 0.717) is 6.61 Å². The standard InChI is InChI=1S/C18H35NO3/c1-11(2)17(12(3)4,13(5)6)18(14(7)8,16(20)21)15-19-9-10-22-15/h11-15,19H,9-10H2,1-8H3,(H,20,21). The zero-order valence-electron chi connectivity index (χ0n) is 15.6. The number of carboxylic acid groups (broad SMARTS) is 1. The number of nitrogens with one attached hydrogen (secondary N) is 1. The molecule has 1 saturated heterocycles. The summed E-state index contributed by atoms with van der Waals surface area (Å²) in [5.74, 6) is -0.0724. The van der Waals surface area contributed by atoms with Gasteiger partial charge >= 0.3 is 5.97 Å². The van der Waals surface area contributed by atoms with Gasteiger partial charge in [0.1, 0.15) is 11.6 Å². The fourth-order valence-corrected chi connectivity index (χ4v) is 5.73. The van der Waals surface area contributed by atoms with Crippen LogP contribution in [0, 0.1) is 34.5 Å². The lowest BCUT2D eigenvalue weighted by Gasteiger charge is -2.59. The summed E-state index contributed by atoms with van der Waals surface area (Å²) in [6, 6.07) is 0. The Bertz CT molecular complexity index is 362. The largest absolute Gasteiger partial charge is 0.481 e. The third kappa shape index (κ3) is 2.48. The van der Waals surface area contributed by atoms with E-state index in [4.69, 9.17) is 4.74 Å². The van der Waals surface area contributed by atoms with Crippen molar-refractivity contribution in [1.82, 2.24) is 5.32 Å². The van der Waals surface area contributed by atoms with Gasteiger partial charge in [-0.1, -0.05) is 55.4 Å². The SMILES string of the molecule is CC(C)C(C(=O)O)(C1NCCO1)C(C(C)C)(C(C)C)C(C)C. The van der Waals surface area contributed by atoms with Crippen LogP contribution in [0.15, 0.2) is 0 Å². The minimum absolute atomic E-state index is 0.0344. The van der Waals surface area contributed by atoms with Crippen molar-refractivity contribution in [1.29, 1.82) is 0 Å². The highest BCUT2D eigenvalue weighted by molar-refractivity contribution is 5.77. The highest BCUT2D eigenvalue weighted by Crippen LogP contribution is 2.61. The Morgan fingerprint density at radius 1 is 1.00 bits per heavy atom. The van der Waals surface area contributed by atoms with Gasteiger partial charge in [-0.05, 0) is 29.1 Å². The number of carbonyl (C=O) groups is 1. The topological polar surface area (TPSA) is 58.6 Å². The quantitative estimate of drug-likeness (QED) is 0.754. The lowest BCUT2D eigenvalue weighted by atomic mass is 9.44. The van der Waals surface area contributed by atoms with E-state index in [1.807, 2.05) is 13.8 Å². The monoisotopic (exact) mass is 313 g/mol. The molecule has 2 atom stereocenters. The van der Waals surface area contributed by atoms with Gasteiger partial charge in [-0.2, -0.15) is 0 Å². The van der Waals surface area contributed by atoms with Gasteiger partial charge in [0.05, 0.1) is 6.61 Å². The van der Waals surface area contributed by atoms with Gasteiger partial charge in [0.2, 0.25) is 0 Å². The van der Waals surface area contributed by atoms with Crippen molar-refractivity contribution in [3.8, 4) is 0 Å². The second-order valence-electron chi connectivity index (χ2n) is 7.93. The minimum atomic E-state index is -0.958. The molecule has 1 rings (SSSR count). The molecule has 0 spiro atoms. The van der Waals surface area contributed by atoms with Crippen molar-refractivity contribution in [3.63, 3.8) is 0 Å². The Morgan fingerprint density at radius 3 is 1.68 bits per heavy atom. The molecule has 4 heteroatoms. The third-order valence-electron chi connectivity index (χ3n) is 5.98. The molecule has 0 aromatic carbocycles. The molecule has 1 fully saturated rings. The molecule has 0 amide bonds. The van der Waals surface area contributed by atoms with Crippen LogP contribution in [0.2, 0.25) is 0 Å². The number of hydrogen-bond donors (Lipinski definition) is 2. The first-order chi connectivity index (χ1) is 10.1. The van der Waals surface area contributed by atoms with Crippen LogP contribution in [0.5, 0.6) is 0 Å². The van der Waals surface area contributed by atoms with Gasteiger partial charge in [0, 0.05) is 6.54 Å². The number of aliphatic carboxylic acids is 1. The number of rotatable bonds is 7. The Morgan fingerprint density at radius 2 is 1.45 bits per heavy atom. The van der Waals surface area contributed by atoms with Crippen LogP contribution in [-0.4, -0.2) is 30.5 Å². The molecule has 2 unspecified atom stereocenters. The van der Waals surface area contributed by atoms with E-state index >= 15 is 0 Å². The van der Waals surface area contributed by atoms with Crippen molar-refractivity contribution < 1.29 is 14.6 Å². The lowest BCUT2D eigenvalue weighted by Crippen LogP contribution is -2.66. The molecule has 2 N–H and O–H groups in total. The molecular weight excluding hydrogens is 278 g/mol. The summed E-state index contributed by atoms with van der Waals surface area (Å²) in [6.45, 7) is 18.3. The van der Waals surface area contributed by atoms with E-state index in [9.17, 15) is 9.90 Å². The third-order valence-corrected chi connectivity index (χ3v) is 5.98. The van der Waals surface area contributed by atoms with Crippen molar-refractivity contribution in [2.24, 2.45) is 34.5 Å². The van der Waals surface area contributed by atoms with Gasteiger partial charge in [0.25, 0.3) is 0 Å². The summed E-state index contributed by atoms with van der Waals surface area (Å²) in [5, 5.41) is 13.7. The molecule has 0 bridgehead atoms. The van der Waals surface area contributed by atoms with E-state index in [0.717, 1.165) is 6.54 Å². The van der Waals surface area contributed by atoms with E-state index in [1.54, 1.807) is 0 Å². The maximum Gasteiger partial charge on any atom is 0.314 e. The maximum absolute atomic E-state index is 12.7. The predicted molar refractivity (Wildman–Crippen MR) is 89.6 cm³/mol. The van der Waals surface area contributed by atoms with Crippen LogP contribution in [0.3, 0.4) is 0 Å². The van der Waals surface area contributed by atoms with Gasteiger partial charge in [-0.15, -0.1) is 0 Å². The fourth-order valence-electron chi connectivity index (χ4n) is 5.73. The van der Waals surface area contributed by atoms with Crippen LogP contribution in [0.25, 0.3) is 0 Å². The van der Waals surface area contributed by atoms with Gasteiger partial charge < -0.3 is 9.84 Å². The lowest BCUT2D eigenvalue weighted by molar-refractivity contribution is -0.213. The molecule has 22 heavy (non-hydrogen) atoms. The highest BCUT2D eigenvalue weighted by atomic mass is 16.5. The molecule has 130 valence electrons.